The van der Waals surface area contributed by atoms with Crippen molar-refractivity contribution in [2.45, 2.75) is 33.2 Å². The fourth-order valence-electron chi connectivity index (χ4n) is 1.53. The molecule has 0 radical (unpaired) electrons. The SMILES string of the molecule is CC(CNC(C)(C)C)COc1cc(F)ccc1[N+](=O)[O-]. The molecule has 1 unspecified atom stereocenters. The summed E-state index contributed by atoms with van der Waals surface area (Å²) in [6.07, 6.45) is 0. The van der Waals surface area contributed by atoms with E-state index in [0.717, 1.165) is 18.2 Å². The Labute approximate surface area is 118 Å². The first-order valence-corrected chi connectivity index (χ1v) is 6.51. The van der Waals surface area contributed by atoms with Crippen LogP contribution in [0.25, 0.3) is 0 Å². The van der Waals surface area contributed by atoms with Gasteiger partial charge in [0.2, 0.25) is 0 Å². The van der Waals surface area contributed by atoms with E-state index in [1.54, 1.807) is 0 Å². The van der Waals surface area contributed by atoms with Crippen LogP contribution in [0, 0.1) is 21.8 Å². The van der Waals surface area contributed by atoms with E-state index >= 15 is 0 Å². The van der Waals surface area contributed by atoms with Gasteiger partial charge in [0, 0.05) is 30.1 Å². The monoisotopic (exact) mass is 284 g/mol. The van der Waals surface area contributed by atoms with Gasteiger partial charge in [0.25, 0.3) is 0 Å². The zero-order valence-electron chi connectivity index (χ0n) is 12.3. The van der Waals surface area contributed by atoms with Gasteiger partial charge in [-0.3, -0.25) is 10.1 Å². The van der Waals surface area contributed by atoms with Crippen LogP contribution in [0.2, 0.25) is 0 Å². The van der Waals surface area contributed by atoms with E-state index in [1.165, 1.54) is 0 Å². The zero-order valence-corrected chi connectivity index (χ0v) is 12.3. The van der Waals surface area contributed by atoms with Crippen LogP contribution in [0.1, 0.15) is 27.7 Å². The van der Waals surface area contributed by atoms with Gasteiger partial charge in [-0.1, -0.05) is 6.92 Å². The van der Waals surface area contributed by atoms with Crippen LogP contribution in [0.5, 0.6) is 5.75 Å². The van der Waals surface area contributed by atoms with Gasteiger partial charge < -0.3 is 10.1 Å². The number of nitro benzene ring substituents is 1. The van der Waals surface area contributed by atoms with Gasteiger partial charge in [0.15, 0.2) is 5.75 Å². The number of ether oxygens (including phenoxy) is 1. The molecule has 0 aliphatic heterocycles. The van der Waals surface area contributed by atoms with Crippen LogP contribution in [-0.2, 0) is 0 Å². The number of hydrogen-bond acceptors (Lipinski definition) is 4. The molecule has 5 nitrogen and oxygen atoms in total. The third-order valence-corrected chi connectivity index (χ3v) is 2.62. The molecule has 1 aromatic rings. The highest BCUT2D eigenvalue weighted by atomic mass is 19.1. The number of halogens is 1. The molecule has 112 valence electrons. The molecular weight excluding hydrogens is 263 g/mol. The Balaban J connectivity index is 2.61. The number of rotatable bonds is 6. The average molecular weight is 284 g/mol. The van der Waals surface area contributed by atoms with Crippen molar-refractivity contribution in [2.75, 3.05) is 13.2 Å². The molecule has 0 bridgehead atoms. The molecule has 0 amide bonds. The van der Waals surface area contributed by atoms with Crippen LogP contribution >= 0.6 is 0 Å². The molecule has 0 saturated heterocycles. The van der Waals surface area contributed by atoms with Crippen molar-refractivity contribution >= 4 is 5.69 Å². The lowest BCUT2D eigenvalue weighted by Crippen LogP contribution is -2.39. The minimum absolute atomic E-state index is 0.000881. The van der Waals surface area contributed by atoms with Crippen molar-refractivity contribution in [2.24, 2.45) is 5.92 Å². The summed E-state index contributed by atoms with van der Waals surface area (Å²) in [5.74, 6) is -0.430. The van der Waals surface area contributed by atoms with Crippen LogP contribution in [0.3, 0.4) is 0 Å². The molecule has 0 aromatic heterocycles. The summed E-state index contributed by atoms with van der Waals surface area (Å²) >= 11 is 0. The molecule has 1 N–H and O–H groups in total. The predicted molar refractivity (Wildman–Crippen MR) is 75.5 cm³/mol. The fraction of sp³-hybridized carbons (Fsp3) is 0.571. The Hall–Kier alpha value is -1.69. The lowest BCUT2D eigenvalue weighted by molar-refractivity contribution is -0.386. The number of benzene rings is 1. The average Bonchev–Trinajstić information content (AvgIpc) is 2.32. The third kappa shape index (κ3) is 5.52. The van der Waals surface area contributed by atoms with E-state index in [0.29, 0.717) is 6.54 Å². The summed E-state index contributed by atoms with van der Waals surface area (Å²) in [7, 11) is 0. The van der Waals surface area contributed by atoms with E-state index in [2.05, 4.69) is 26.1 Å². The second kappa shape index (κ2) is 6.65. The van der Waals surface area contributed by atoms with E-state index in [1.807, 2.05) is 6.92 Å². The maximum atomic E-state index is 13.1. The predicted octanol–water partition coefficient (Wildman–Crippen LogP) is 3.14. The molecule has 1 rings (SSSR count). The number of nitrogens with one attached hydrogen (secondary N) is 1. The minimum atomic E-state index is -0.577. The van der Waals surface area contributed by atoms with Gasteiger partial charge in [-0.15, -0.1) is 0 Å². The Kier molecular flexibility index (Phi) is 5.44. The molecule has 0 saturated carbocycles. The number of hydrogen-bond donors (Lipinski definition) is 1. The lowest BCUT2D eigenvalue weighted by atomic mass is 10.1. The number of nitro groups is 1. The molecule has 0 heterocycles. The quantitative estimate of drug-likeness (QED) is 0.644. The highest BCUT2D eigenvalue weighted by Crippen LogP contribution is 2.27. The van der Waals surface area contributed by atoms with Gasteiger partial charge >= 0.3 is 5.69 Å². The van der Waals surface area contributed by atoms with Crippen LogP contribution < -0.4 is 10.1 Å². The van der Waals surface area contributed by atoms with E-state index < -0.39 is 10.7 Å². The standard InChI is InChI=1S/C14H21FN2O3/c1-10(8-16-14(2,3)4)9-20-13-7-11(15)5-6-12(13)17(18)19/h5-7,10,16H,8-9H2,1-4H3. The molecule has 1 aromatic carbocycles. The molecule has 6 heteroatoms. The van der Waals surface area contributed by atoms with Crippen molar-refractivity contribution in [3.05, 3.63) is 34.1 Å². The molecule has 0 aliphatic rings. The van der Waals surface area contributed by atoms with Crippen molar-refractivity contribution in [3.8, 4) is 5.75 Å². The van der Waals surface area contributed by atoms with Gasteiger partial charge in [-0.05, 0) is 26.8 Å². The smallest absolute Gasteiger partial charge is 0.311 e. The van der Waals surface area contributed by atoms with Gasteiger partial charge in [-0.25, -0.2) is 4.39 Å². The van der Waals surface area contributed by atoms with Gasteiger partial charge in [-0.2, -0.15) is 0 Å². The highest BCUT2D eigenvalue weighted by molar-refractivity contribution is 5.46. The van der Waals surface area contributed by atoms with Gasteiger partial charge in [0.05, 0.1) is 11.5 Å². The van der Waals surface area contributed by atoms with Crippen molar-refractivity contribution in [1.82, 2.24) is 5.32 Å². The number of nitrogens with zero attached hydrogens (tertiary/aromatic N) is 1. The topological polar surface area (TPSA) is 64.4 Å². The van der Waals surface area contributed by atoms with E-state index in [-0.39, 0.29) is 29.5 Å². The summed E-state index contributed by atoms with van der Waals surface area (Å²) < 4.78 is 18.5. The lowest BCUT2D eigenvalue weighted by Gasteiger charge is -2.23. The van der Waals surface area contributed by atoms with Gasteiger partial charge in [0.1, 0.15) is 5.82 Å². The Bertz CT molecular complexity index is 472. The van der Waals surface area contributed by atoms with Crippen LogP contribution in [-0.4, -0.2) is 23.6 Å². The molecule has 20 heavy (non-hydrogen) atoms. The molecule has 0 aliphatic carbocycles. The third-order valence-electron chi connectivity index (χ3n) is 2.62. The van der Waals surface area contributed by atoms with Crippen molar-refractivity contribution < 1.29 is 14.1 Å². The fourth-order valence-corrected chi connectivity index (χ4v) is 1.53. The Morgan fingerprint density at radius 2 is 2.10 bits per heavy atom. The summed E-state index contributed by atoms with van der Waals surface area (Å²) in [6, 6.07) is 3.21. The Morgan fingerprint density at radius 1 is 1.45 bits per heavy atom. The maximum Gasteiger partial charge on any atom is 0.311 e. The first-order valence-electron chi connectivity index (χ1n) is 6.51. The highest BCUT2D eigenvalue weighted by Gasteiger charge is 2.17. The van der Waals surface area contributed by atoms with Crippen LogP contribution in [0.15, 0.2) is 18.2 Å². The van der Waals surface area contributed by atoms with E-state index in [4.69, 9.17) is 4.74 Å². The first-order chi connectivity index (χ1) is 9.19. The van der Waals surface area contributed by atoms with Crippen molar-refractivity contribution in [1.29, 1.82) is 0 Å². The minimum Gasteiger partial charge on any atom is -0.486 e. The van der Waals surface area contributed by atoms with E-state index in [9.17, 15) is 14.5 Å². The molecule has 0 fully saturated rings. The second-order valence-electron chi connectivity index (χ2n) is 5.92. The van der Waals surface area contributed by atoms with Crippen LogP contribution in [0.4, 0.5) is 10.1 Å². The molecule has 0 spiro atoms. The normalized spacial score (nSPS) is 13.1. The maximum absolute atomic E-state index is 13.1. The molecular formula is C14H21FN2O3. The van der Waals surface area contributed by atoms with Crippen molar-refractivity contribution in [3.63, 3.8) is 0 Å². The first kappa shape index (κ1) is 16.4. The second-order valence-corrected chi connectivity index (χ2v) is 5.92. The zero-order chi connectivity index (χ0) is 15.3. The summed E-state index contributed by atoms with van der Waals surface area (Å²) in [5.41, 5.74) is -0.221. The Morgan fingerprint density at radius 3 is 2.65 bits per heavy atom. The summed E-state index contributed by atoms with van der Waals surface area (Å²) in [6.45, 7) is 9.12. The summed E-state index contributed by atoms with van der Waals surface area (Å²) in [4.78, 5) is 10.2. The summed E-state index contributed by atoms with van der Waals surface area (Å²) in [5, 5.41) is 14.1. The molecule has 1 atom stereocenters. The largest absolute Gasteiger partial charge is 0.486 e.